The van der Waals surface area contributed by atoms with Crippen LogP contribution in [-0.2, 0) is 0 Å². The van der Waals surface area contributed by atoms with Gasteiger partial charge in [0.2, 0.25) is 0 Å². The maximum Gasteiger partial charge on any atom is 0.487 e. The molecule has 31 heavy (non-hydrogen) atoms. The Labute approximate surface area is 180 Å². The van der Waals surface area contributed by atoms with Crippen molar-refractivity contribution in [1.82, 2.24) is 15.2 Å². The highest BCUT2D eigenvalue weighted by molar-refractivity contribution is 6.20. The minimum atomic E-state index is -3.83. The van der Waals surface area contributed by atoms with Crippen molar-refractivity contribution in [2.45, 2.75) is 18.4 Å². The Kier molecular flexibility index (Phi) is 5.73. The fourth-order valence-electron chi connectivity index (χ4n) is 3.35. The molecule has 0 radical (unpaired) electrons. The van der Waals surface area contributed by atoms with E-state index in [1.165, 1.54) is 36.5 Å². The number of nitrogens with one attached hydrogen (secondary N) is 2. The lowest BCUT2D eigenvalue weighted by Gasteiger charge is -2.20. The molecule has 3 aromatic rings. The molecule has 2 aromatic heterocycles. The van der Waals surface area contributed by atoms with Gasteiger partial charge in [-0.3, -0.25) is 9.89 Å². The molecule has 2 N–H and O–H groups in total. The topological polar surface area (TPSA) is 83.1 Å². The van der Waals surface area contributed by atoms with E-state index in [1.54, 1.807) is 0 Å². The van der Waals surface area contributed by atoms with Crippen LogP contribution in [0.3, 0.4) is 0 Å². The molecular weight excluding hydrogens is 435 g/mol. The molecule has 0 bridgehead atoms. The van der Waals surface area contributed by atoms with Gasteiger partial charge in [0, 0.05) is 42.1 Å². The number of nitrogens with zero attached hydrogens (tertiary/aromatic N) is 3. The van der Waals surface area contributed by atoms with Crippen LogP contribution in [0, 0.1) is 5.82 Å². The van der Waals surface area contributed by atoms with Gasteiger partial charge in [0.15, 0.2) is 5.82 Å². The molecule has 11 heteroatoms. The summed E-state index contributed by atoms with van der Waals surface area (Å²) in [5.74, 6) is -0.642. The maximum absolute atomic E-state index is 14.2. The fraction of sp³-hybridized carbons (Fsp3) is 0.250. The summed E-state index contributed by atoms with van der Waals surface area (Å²) in [6.45, 7) is 1.58. The summed E-state index contributed by atoms with van der Waals surface area (Å²) in [7, 11) is 0. The van der Waals surface area contributed by atoms with Crippen LogP contribution in [0.4, 0.5) is 24.7 Å². The normalized spacial score (nSPS) is 14.0. The maximum atomic E-state index is 14.2. The van der Waals surface area contributed by atoms with Crippen molar-refractivity contribution in [2.24, 2.45) is 0 Å². The zero-order valence-electron chi connectivity index (χ0n) is 16.0. The summed E-state index contributed by atoms with van der Waals surface area (Å²) < 4.78 is 43.9. The first-order chi connectivity index (χ1) is 14.8. The second kappa shape index (κ2) is 8.46. The number of hydrogen-bond donors (Lipinski definition) is 2. The van der Waals surface area contributed by atoms with Gasteiger partial charge in [-0.05, 0) is 43.2 Å². The summed E-state index contributed by atoms with van der Waals surface area (Å²) in [5, 5.41) is 8.97. The van der Waals surface area contributed by atoms with Crippen molar-refractivity contribution in [3.63, 3.8) is 0 Å². The number of aromatic nitrogens is 3. The van der Waals surface area contributed by atoms with Crippen LogP contribution in [0.15, 0.2) is 42.7 Å². The monoisotopic (exact) mass is 451 g/mol. The van der Waals surface area contributed by atoms with Gasteiger partial charge >= 0.3 is 5.57 Å². The molecule has 4 rings (SSSR count). The van der Waals surface area contributed by atoms with Crippen molar-refractivity contribution >= 4 is 29.0 Å². The van der Waals surface area contributed by atoms with Crippen molar-refractivity contribution in [3.8, 4) is 17.0 Å². The predicted molar refractivity (Wildman–Crippen MR) is 109 cm³/mol. The highest BCUT2D eigenvalue weighted by atomic mass is 35.5. The number of H-pyrrole nitrogens is 1. The Balaban J connectivity index is 1.58. The summed E-state index contributed by atoms with van der Waals surface area (Å²) in [6.07, 6.45) is 4.48. The van der Waals surface area contributed by atoms with Crippen LogP contribution in [0.5, 0.6) is 5.75 Å². The molecule has 1 fully saturated rings. The summed E-state index contributed by atoms with van der Waals surface area (Å²) in [4.78, 5) is 19.1. The first kappa shape index (κ1) is 21.0. The number of carbonyl (C=O) groups excluding carboxylic acids is 1. The average Bonchev–Trinajstić information content (AvgIpc) is 3.39. The molecule has 3 heterocycles. The molecule has 1 aliphatic rings. The number of amides is 1. The molecule has 0 atom stereocenters. The summed E-state index contributed by atoms with van der Waals surface area (Å²) in [5.41, 5.74) is -2.72. The Hall–Kier alpha value is -3.27. The number of anilines is 2. The summed E-state index contributed by atoms with van der Waals surface area (Å²) >= 11 is 4.73. The van der Waals surface area contributed by atoms with Crippen LogP contribution in [0.2, 0.25) is 0 Å². The number of ether oxygens (including phenoxy) is 1. The van der Waals surface area contributed by atoms with Gasteiger partial charge in [0.1, 0.15) is 17.3 Å². The van der Waals surface area contributed by atoms with E-state index < -0.39 is 17.3 Å². The van der Waals surface area contributed by atoms with Crippen molar-refractivity contribution < 1.29 is 22.7 Å². The highest BCUT2D eigenvalue weighted by Gasteiger charge is 2.27. The van der Waals surface area contributed by atoms with Crippen molar-refractivity contribution in [3.05, 3.63) is 54.1 Å². The molecule has 1 aliphatic heterocycles. The number of halogens is 4. The van der Waals surface area contributed by atoms with Crippen LogP contribution < -0.4 is 15.0 Å². The Morgan fingerprint density at radius 2 is 1.90 bits per heavy atom. The molecule has 0 spiro atoms. The zero-order chi connectivity index (χ0) is 22.0. The Bertz CT molecular complexity index is 1080. The van der Waals surface area contributed by atoms with Gasteiger partial charge < -0.3 is 15.0 Å². The molecule has 1 aromatic carbocycles. The first-order valence-electron chi connectivity index (χ1n) is 9.41. The lowest BCUT2D eigenvalue weighted by atomic mass is 10.1. The molecule has 0 unspecified atom stereocenters. The van der Waals surface area contributed by atoms with E-state index >= 15 is 0 Å². The SMILES string of the molecule is O=C(Nc1ccc(OC(F)(F)Cl)cc1)c1cnc(N2CCCC2)c(-c2[nH]ncc2F)c1. The van der Waals surface area contributed by atoms with E-state index in [4.69, 9.17) is 11.6 Å². The van der Waals surface area contributed by atoms with Crippen LogP contribution in [-0.4, -0.2) is 39.7 Å². The third-order valence-corrected chi connectivity index (χ3v) is 4.82. The number of alkyl halides is 3. The molecule has 162 valence electrons. The lowest BCUT2D eigenvalue weighted by Crippen LogP contribution is -2.21. The van der Waals surface area contributed by atoms with Gasteiger partial charge in [-0.15, -0.1) is 8.78 Å². The summed E-state index contributed by atoms with van der Waals surface area (Å²) in [6, 6.07) is 6.80. The second-order valence-electron chi connectivity index (χ2n) is 6.91. The average molecular weight is 452 g/mol. The molecule has 1 saturated heterocycles. The second-order valence-corrected chi connectivity index (χ2v) is 7.35. The van der Waals surface area contributed by atoms with Crippen LogP contribution in [0.1, 0.15) is 23.2 Å². The van der Waals surface area contributed by atoms with E-state index in [0.717, 1.165) is 32.1 Å². The molecule has 0 saturated carbocycles. The van der Waals surface area contributed by atoms with Crippen molar-refractivity contribution in [1.29, 1.82) is 0 Å². The molecule has 1 amide bonds. The number of rotatable bonds is 6. The van der Waals surface area contributed by atoms with Gasteiger partial charge in [0.05, 0.1) is 11.8 Å². The van der Waals surface area contributed by atoms with Crippen LogP contribution in [0.25, 0.3) is 11.3 Å². The molecule has 0 aliphatic carbocycles. The number of aromatic amines is 1. The zero-order valence-corrected chi connectivity index (χ0v) is 16.8. The number of carbonyl (C=O) groups is 1. The van der Waals surface area contributed by atoms with Gasteiger partial charge in [0.25, 0.3) is 5.91 Å². The number of pyridine rings is 1. The smallest absolute Gasteiger partial charge is 0.420 e. The number of benzene rings is 1. The minimum absolute atomic E-state index is 0.146. The van der Waals surface area contributed by atoms with E-state index in [-0.39, 0.29) is 17.0 Å². The Morgan fingerprint density at radius 1 is 1.19 bits per heavy atom. The van der Waals surface area contributed by atoms with Crippen LogP contribution >= 0.6 is 11.6 Å². The molecule has 7 nitrogen and oxygen atoms in total. The van der Waals surface area contributed by atoms with Crippen molar-refractivity contribution in [2.75, 3.05) is 23.3 Å². The first-order valence-corrected chi connectivity index (χ1v) is 9.79. The van der Waals surface area contributed by atoms with Gasteiger partial charge in [-0.25, -0.2) is 9.37 Å². The number of hydrogen-bond acceptors (Lipinski definition) is 5. The fourth-order valence-corrected chi connectivity index (χ4v) is 3.44. The van der Waals surface area contributed by atoms with E-state index in [2.05, 4.69) is 25.2 Å². The van der Waals surface area contributed by atoms with E-state index in [1.807, 2.05) is 4.90 Å². The quantitative estimate of drug-likeness (QED) is 0.534. The Morgan fingerprint density at radius 3 is 2.52 bits per heavy atom. The minimum Gasteiger partial charge on any atom is -0.420 e. The van der Waals surface area contributed by atoms with Gasteiger partial charge in [-0.2, -0.15) is 5.10 Å². The largest absolute Gasteiger partial charge is 0.487 e. The lowest BCUT2D eigenvalue weighted by molar-refractivity contribution is -0.0964. The predicted octanol–water partition coefficient (Wildman–Crippen LogP) is 4.63. The third-order valence-electron chi connectivity index (χ3n) is 4.74. The van der Waals surface area contributed by atoms with E-state index in [9.17, 15) is 18.0 Å². The highest BCUT2D eigenvalue weighted by Crippen LogP contribution is 2.32. The van der Waals surface area contributed by atoms with Gasteiger partial charge in [-0.1, -0.05) is 0 Å². The molecular formula is C20H17ClF3N5O2. The standard InChI is InChI=1S/C20H17ClF3N5O2/c21-20(23,24)31-14-5-3-13(4-6-14)27-19(30)12-9-15(17-16(22)11-26-28-17)18(25-10-12)29-7-1-2-8-29/h3-6,9-11H,1-2,7-8H2,(H,26,28)(H,27,30). The van der Waals surface area contributed by atoms with E-state index in [0.29, 0.717) is 17.1 Å². The third kappa shape index (κ3) is 4.91.